The topological polar surface area (TPSA) is 24.4 Å². The Morgan fingerprint density at radius 2 is 2.16 bits per heavy atom. The van der Waals surface area contributed by atoms with Crippen LogP contribution in [-0.2, 0) is 6.42 Å². The van der Waals surface area contributed by atoms with Gasteiger partial charge in [0.2, 0.25) is 0 Å². The Labute approximate surface area is 121 Å². The number of nitrogens with zero attached hydrogens (tertiary/aromatic N) is 1. The summed E-state index contributed by atoms with van der Waals surface area (Å²) in [5.41, 5.74) is 2.76. The zero-order chi connectivity index (χ0) is 13.9. The first kappa shape index (κ1) is 14.4. The summed E-state index contributed by atoms with van der Waals surface area (Å²) in [7, 11) is 0. The molecule has 0 saturated heterocycles. The van der Waals surface area contributed by atoms with Crippen molar-refractivity contribution in [2.75, 3.05) is 11.1 Å². The molecular formula is C16H24N2S. The summed E-state index contributed by atoms with van der Waals surface area (Å²) in [5.74, 6) is 1.15. The zero-order valence-electron chi connectivity index (χ0n) is 12.4. The van der Waals surface area contributed by atoms with Crippen LogP contribution >= 0.6 is 11.8 Å². The van der Waals surface area contributed by atoms with Crippen LogP contribution in [0.1, 0.15) is 39.7 Å². The van der Waals surface area contributed by atoms with E-state index in [-0.39, 0.29) is 5.41 Å². The monoisotopic (exact) mass is 276 g/mol. The number of benzene rings is 1. The van der Waals surface area contributed by atoms with Crippen LogP contribution in [0.4, 0.5) is 5.69 Å². The number of aryl methyl sites for hydroxylation is 1. The van der Waals surface area contributed by atoms with E-state index < -0.39 is 0 Å². The smallest absolute Gasteiger partial charge is 0.161 e. The van der Waals surface area contributed by atoms with Crippen molar-refractivity contribution in [1.82, 2.24) is 0 Å². The van der Waals surface area contributed by atoms with Gasteiger partial charge in [-0.1, -0.05) is 51.6 Å². The average Bonchev–Trinajstić information content (AvgIpc) is 2.38. The van der Waals surface area contributed by atoms with E-state index in [0.29, 0.717) is 6.04 Å². The summed E-state index contributed by atoms with van der Waals surface area (Å²) >= 11 is 1.83. The van der Waals surface area contributed by atoms with Crippen LogP contribution in [0, 0.1) is 5.41 Å². The Bertz CT molecular complexity index is 460. The van der Waals surface area contributed by atoms with E-state index in [1.54, 1.807) is 0 Å². The van der Waals surface area contributed by atoms with Gasteiger partial charge in [-0.15, -0.1) is 0 Å². The summed E-state index contributed by atoms with van der Waals surface area (Å²) in [6, 6.07) is 9.02. The van der Waals surface area contributed by atoms with Crippen molar-refractivity contribution < 1.29 is 0 Å². The molecule has 1 atom stereocenters. The maximum absolute atomic E-state index is 4.87. The van der Waals surface area contributed by atoms with Gasteiger partial charge in [0, 0.05) is 11.4 Å². The number of aliphatic imine (C=N–C) groups is 1. The van der Waals surface area contributed by atoms with E-state index >= 15 is 0 Å². The van der Waals surface area contributed by atoms with Crippen molar-refractivity contribution >= 4 is 22.6 Å². The fraction of sp³-hybridized carbons (Fsp3) is 0.562. The number of hydrogen-bond acceptors (Lipinski definition) is 3. The molecular weight excluding hydrogens is 252 g/mol. The summed E-state index contributed by atoms with van der Waals surface area (Å²) in [6.07, 6.45) is 2.24. The molecule has 0 spiro atoms. The minimum atomic E-state index is 0.249. The van der Waals surface area contributed by atoms with Gasteiger partial charge in [-0.2, -0.15) is 0 Å². The number of hydrogen-bond donors (Lipinski definition) is 1. The van der Waals surface area contributed by atoms with E-state index in [1.807, 2.05) is 11.8 Å². The third-order valence-corrected chi connectivity index (χ3v) is 4.41. The number of nitrogens with one attached hydrogen (secondary N) is 1. The van der Waals surface area contributed by atoms with Crippen molar-refractivity contribution in [2.24, 2.45) is 10.4 Å². The highest BCUT2D eigenvalue weighted by Crippen LogP contribution is 2.31. The Morgan fingerprint density at radius 1 is 1.37 bits per heavy atom. The quantitative estimate of drug-likeness (QED) is 0.855. The Balaban J connectivity index is 2.11. The third kappa shape index (κ3) is 4.00. The molecule has 0 fully saturated rings. The molecule has 0 saturated carbocycles. The Morgan fingerprint density at radius 3 is 2.84 bits per heavy atom. The highest BCUT2D eigenvalue weighted by Gasteiger charge is 2.27. The summed E-state index contributed by atoms with van der Waals surface area (Å²) in [4.78, 5) is 4.87. The number of anilines is 1. The SMILES string of the molecule is CCc1cccc(NC2=NC(C(C)(C)C)CCS2)c1. The summed E-state index contributed by atoms with van der Waals surface area (Å²) < 4.78 is 0. The van der Waals surface area contributed by atoms with Crippen LogP contribution in [0.5, 0.6) is 0 Å². The second kappa shape index (κ2) is 6.00. The number of rotatable bonds is 2. The van der Waals surface area contributed by atoms with Crippen LogP contribution in [0.15, 0.2) is 29.3 Å². The third-order valence-electron chi connectivity index (χ3n) is 3.49. The molecule has 1 aliphatic heterocycles. The second-order valence-corrected chi connectivity index (χ2v) is 7.22. The molecule has 3 heteroatoms. The van der Waals surface area contributed by atoms with Gasteiger partial charge in [0.25, 0.3) is 0 Å². The number of amidine groups is 1. The highest BCUT2D eigenvalue weighted by molar-refractivity contribution is 8.14. The fourth-order valence-corrected chi connectivity index (χ4v) is 3.12. The summed E-state index contributed by atoms with van der Waals surface area (Å²) in [6.45, 7) is 8.99. The Kier molecular flexibility index (Phi) is 4.56. The van der Waals surface area contributed by atoms with Gasteiger partial charge in [-0.3, -0.25) is 4.99 Å². The predicted octanol–water partition coefficient (Wildman–Crippen LogP) is 4.57. The molecule has 104 valence electrons. The average molecular weight is 276 g/mol. The molecule has 1 aliphatic rings. The molecule has 1 aromatic carbocycles. The highest BCUT2D eigenvalue weighted by atomic mass is 32.2. The van der Waals surface area contributed by atoms with Crippen molar-refractivity contribution in [2.45, 2.75) is 46.6 Å². The lowest BCUT2D eigenvalue weighted by Crippen LogP contribution is -2.30. The van der Waals surface area contributed by atoms with Crippen LogP contribution in [-0.4, -0.2) is 17.0 Å². The molecule has 1 N–H and O–H groups in total. The van der Waals surface area contributed by atoms with Crippen LogP contribution in [0.3, 0.4) is 0 Å². The minimum absolute atomic E-state index is 0.249. The summed E-state index contributed by atoms with van der Waals surface area (Å²) in [5, 5.41) is 4.54. The molecule has 1 aromatic rings. The molecule has 1 heterocycles. The lowest BCUT2D eigenvalue weighted by atomic mass is 9.85. The van der Waals surface area contributed by atoms with E-state index in [1.165, 1.54) is 12.0 Å². The van der Waals surface area contributed by atoms with Gasteiger partial charge in [0.15, 0.2) is 5.17 Å². The zero-order valence-corrected chi connectivity index (χ0v) is 13.2. The van der Waals surface area contributed by atoms with Crippen molar-refractivity contribution in [3.63, 3.8) is 0 Å². The van der Waals surface area contributed by atoms with Gasteiger partial charge < -0.3 is 5.32 Å². The second-order valence-electron chi connectivity index (χ2n) is 6.13. The molecule has 0 bridgehead atoms. The maximum Gasteiger partial charge on any atom is 0.161 e. The van der Waals surface area contributed by atoms with Crippen molar-refractivity contribution in [1.29, 1.82) is 0 Å². The molecule has 2 rings (SSSR count). The Hall–Kier alpha value is -0.960. The van der Waals surface area contributed by atoms with Crippen molar-refractivity contribution in [3.8, 4) is 0 Å². The molecule has 0 aromatic heterocycles. The van der Waals surface area contributed by atoms with Crippen LogP contribution < -0.4 is 5.32 Å². The molecule has 0 radical (unpaired) electrons. The standard InChI is InChI=1S/C16H24N2S/c1-5-12-7-6-8-13(11-12)17-15-18-14(9-10-19-15)16(2,3)4/h6-8,11,14H,5,9-10H2,1-4H3,(H,17,18). The van der Waals surface area contributed by atoms with Gasteiger partial charge in [-0.25, -0.2) is 0 Å². The molecule has 0 aliphatic carbocycles. The molecule has 2 nitrogen and oxygen atoms in total. The van der Waals surface area contributed by atoms with E-state index in [0.717, 1.165) is 23.0 Å². The minimum Gasteiger partial charge on any atom is -0.335 e. The van der Waals surface area contributed by atoms with E-state index in [4.69, 9.17) is 4.99 Å². The normalized spacial score (nSPS) is 20.0. The van der Waals surface area contributed by atoms with Gasteiger partial charge in [0.05, 0.1) is 6.04 Å². The van der Waals surface area contributed by atoms with Gasteiger partial charge in [0.1, 0.15) is 0 Å². The first-order valence-corrected chi connectivity index (χ1v) is 8.04. The van der Waals surface area contributed by atoms with Crippen molar-refractivity contribution in [3.05, 3.63) is 29.8 Å². The van der Waals surface area contributed by atoms with Crippen LogP contribution in [0.2, 0.25) is 0 Å². The van der Waals surface area contributed by atoms with Gasteiger partial charge in [-0.05, 0) is 36.0 Å². The molecule has 1 unspecified atom stereocenters. The first-order valence-electron chi connectivity index (χ1n) is 7.05. The predicted molar refractivity (Wildman–Crippen MR) is 87.2 cm³/mol. The first-order chi connectivity index (χ1) is 8.99. The lowest BCUT2D eigenvalue weighted by molar-refractivity contribution is 0.316. The molecule has 0 amide bonds. The van der Waals surface area contributed by atoms with Gasteiger partial charge >= 0.3 is 0 Å². The van der Waals surface area contributed by atoms with E-state index in [9.17, 15) is 0 Å². The fourth-order valence-electron chi connectivity index (χ4n) is 2.20. The van der Waals surface area contributed by atoms with Crippen LogP contribution in [0.25, 0.3) is 0 Å². The van der Waals surface area contributed by atoms with E-state index in [2.05, 4.69) is 57.3 Å². The number of thioether (sulfide) groups is 1. The largest absolute Gasteiger partial charge is 0.335 e. The lowest BCUT2D eigenvalue weighted by Gasteiger charge is -2.31. The maximum atomic E-state index is 4.87. The molecule has 19 heavy (non-hydrogen) atoms.